The van der Waals surface area contributed by atoms with Gasteiger partial charge in [0.15, 0.2) is 11.5 Å². The van der Waals surface area contributed by atoms with Gasteiger partial charge < -0.3 is 19.5 Å². The summed E-state index contributed by atoms with van der Waals surface area (Å²) in [5.74, 6) is 2.37. The van der Waals surface area contributed by atoms with Gasteiger partial charge in [0.2, 0.25) is 0 Å². The lowest BCUT2D eigenvalue weighted by Crippen LogP contribution is -2.16. The highest BCUT2D eigenvalue weighted by Gasteiger charge is 2.10. The monoisotopic (exact) mass is 431 g/mol. The lowest BCUT2D eigenvalue weighted by atomic mass is 9.96. The van der Waals surface area contributed by atoms with E-state index in [1.54, 1.807) is 21.3 Å². The minimum atomic E-state index is 0.749. The molecule has 168 valence electrons. The Hall–Kier alpha value is -3.40. The van der Waals surface area contributed by atoms with Crippen LogP contribution in [-0.4, -0.2) is 27.9 Å². The van der Waals surface area contributed by atoms with Crippen molar-refractivity contribution in [1.29, 1.82) is 0 Å². The molecule has 32 heavy (non-hydrogen) atoms. The van der Waals surface area contributed by atoms with E-state index in [9.17, 15) is 0 Å². The van der Waals surface area contributed by atoms with Crippen molar-refractivity contribution in [2.45, 2.75) is 26.2 Å². The van der Waals surface area contributed by atoms with Crippen LogP contribution in [0.2, 0.25) is 0 Å². The molecule has 1 N–H and O–H groups in total. The number of rotatable bonds is 11. The molecule has 4 nitrogen and oxygen atoms in total. The average Bonchev–Trinajstić information content (AvgIpc) is 2.84. The van der Waals surface area contributed by atoms with Gasteiger partial charge in [0.25, 0.3) is 0 Å². The summed E-state index contributed by atoms with van der Waals surface area (Å²) in [6.45, 7) is 3.05. The van der Waals surface area contributed by atoms with Crippen LogP contribution in [0.3, 0.4) is 0 Å². The topological polar surface area (TPSA) is 39.7 Å². The molecule has 0 bridgehead atoms. The van der Waals surface area contributed by atoms with Crippen molar-refractivity contribution in [3.63, 3.8) is 0 Å². The second-order valence-electron chi connectivity index (χ2n) is 7.69. The third-order valence-electron chi connectivity index (χ3n) is 5.63. The van der Waals surface area contributed by atoms with E-state index in [-0.39, 0.29) is 0 Å². The van der Waals surface area contributed by atoms with Gasteiger partial charge in [-0.25, -0.2) is 0 Å². The maximum atomic E-state index is 5.48. The number of ether oxygens (including phenoxy) is 3. The molecule has 0 fully saturated rings. The van der Waals surface area contributed by atoms with E-state index in [4.69, 9.17) is 14.2 Å². The molecule has 0 saturated carbocycles. The first-order valence-corrected chi connectivity index (χ1v) is 11.0. The maximum Gasteiger partial charge on any atom is 0.160 e. The number of aryl methyl sites for hydroxylation is 1. The van der Waals surface area contributed by atoms with Crippen molar-refractivity contribution >= 4 is 5.57 Å². The first kappa shape index (κ1) is 23.3. The van der Waals surface area contributed by atoms with E-state index in [2.05, 4.69) is 66.8 Å². The highest BCUT2D eigenvalue weighted by molar-refractivity contribution is 5.69. The predicted octanol–water partition coefficient (Wildman–Crippen LogP) is 5.91. The Labute approximate surface area is 191 Å². The number of hydrogen-bond acceptors (Lipinski definition) is 4. The number of benzene rings is 3. The van der Waals surface area contributed by atoms with Gasteiger partial charge in [-0.15, -0.1) is 0 Å². The molecule has 0 radical (unpaired) electrons. The second kappa shape index (κ2) is 11.8. The molecular formula is C28H33NO3. The van der Waals surface area contributed by atoms with E-state index >= 15 is 0 Å². The zero-order valence-electron chi connectivity index (χ0n) is 19.5. The van der Waals surface area contributed by atoms with Crippen molar-refractivity contribution in [2.75, 3.05) is 27.9 Å². The van der Waals surface area contributed by atoms with E-state index in [1.807, 2.05) is 18.2 Å². The molecule has 0 saturated heterocycles. The Kier molecular flexibility index (Phi) is 8.61. The van der Waals surface area contributed by atoms with Gasteiger partial charge >= 0.3 is 0 Å². The van der Waals surface area contributed by atoms with Crippen LogP contribution < -0.4 is 19.5 Å². The fourth-order valence-corrected chi connectivity index (χ4v) is 3.81. The van der Waals surface area contributed by atoms with Crippen LogP contribution >= 0.6 is 0 Å². The van der Waals surface area contributed by atoms with Gasteiger partial charge in [-0.2, -0.15) is 0 Å². The molecule has 0 aromatic heterocycles. The average molecular weight is 432 g/mol. The Bertz CT molecular complexity index is 1030. The quantitative estimate of drug-likeness (QED) is 0.410. The Morgan fingerprint density at radius 1 is 0.719 bits per heavy atom. The van der Waals surface area contributed by atoms with Crippen molar-refractivity contribution in [1.82, 2.24) is 5.32 Å². The second-order valence-corrected chi connectivity index (χ2v) is 7.69. The van der Waals surface area contributed by atoms with Crippen LogP contribution in [-0.2, 0) is 12.8 Å². The normalized spacial score (nSPS) is 11.5. The molecule has 0 atom stereocenters. The van der Waals surface area contributed by atoms with E-state index in [0.29, 0.717) is 0 Å². The van der Waals surface area contributed by atoms with Gasteiger partial charge in [-0.3, -0.25) is 0 Å². The minimum Gasteiger partial charge on any atom is -0.497 e. The zero-order valence-corrected chi connectivity index (χ0v) is 19.5. The highest BCUT2D eigenvalue weighted by atomic mass is 16.5. The van der Waals surface area contributed by atoms with Crippen molar-refractivity contribution in [3.8, 4) is 17.2 Å². The zero-order chi connectivity index (χ0) is 22.8. The molecule has 0 spiro atoms. The molecule has 4 heteroatoms. The molecule has 0 aliphatic heterocycles. The maximum absolute atomic E-state index is 5.48. The van der Waals surface area contributed by atoms with E-state index in [1.165, 1.54) is 28.0 Å². The molecule has 0 amide bonds. The Balaban J connectivity index is 1.79. The van der Waals surface area contributed by atoms with Gasteiger partial charge in [-0.1, -0.05) is 48.5 Å². The third kappa shape index (κ3) is 6.30. The molecule has 0 aliphatic rings. The van der Waals surface area contributed by atoms with Crippen molar-refractivity contribution in [2.24, 2.45) is 0 Å². The Morgan fingerprint density at radius 2 is 1.50 bits per heavy atom. The number of nitrogens with one attached hydrogen (secondary N) is 1. The summed E-state index contributed by atoms with van der Waals surface area (Å²) < 4.78 is 16.3. The van der Waals surface area contributed by atoms with Crippen LogP contribution in [0.5, 0.6) is 17.2 Å². The van der Waals surface area contributed by atoms with Crippen LogP contribution in [0, 0.1) is 0 Å². The smallest absolute Gasteiger partial charge is 0.160 e. The summed E-state index contributed by atoms with van der Waals surface area (Å²) in [5.41, 5.74) is 6.19. The minimum absolute atomic E-state index is 0.749. The lowest BCUT2D eigenvalue weighted by Gasteiger charge is -2.16. The lowest BCUT2D eigenvalue weighted by molar-refractivity contribution is 0.354. The summed E-state index contributed by atoms with van der Waals surface area (Å²) in [5, 5.41) is 3.64. The molecule has 3 aromatic rings. The van der Waals surface area contributed by atoms with Crippen LogP contribution in [0.15, 0.2) is 78.5 Å². The fraction of sp³-hybridized carbons (Fsp3) is 0.286. The van der Waals surface area contributed by atoms with Gasteiger partial charge in [0.1, 0.15) is 5.75 Å². The van der Waals surface area contributed by atoms with Crippen molar-refractivity contribution in [3.05, 3.63) is 95.2 Å². The number of allylic oxidation sites excluding steroid dienone is 2. The Morgan fingerprint density at radius 3 is 2.22 bits per heavy atom. The van der Waals surface area contributed by atoms with E-state index < -0.39 is 0 Å². The molecule has 3 aromatic carbocycles. The summed E-state index contributed by atoms with van der Waals surface area (Å²) >= 11 is 0. The summed E-state index contributed by atoms with van der Waals surface area (Å²) in [4.78, 5) is 0. The molecular weight excluding hydrogens is 398 g/mol. The van der Waals surface area contributed by atoms with Crippen LogP contribution in [0.1, 0.15) is 30.0 Å². The van der Waals surface area contributed by atoms with Crippen LogP contribution in [0.4, 0.5) is 0 Å². The molecule has 0 heterocycles. The van der Waals surface area contributed by atoms with E-state index in [0.717, 1.165) is 43.1 Å². The first-order chi connectivity index (χ1) is 15.6. The fourth-order valence-electron chi connectivity index (χ4n) is 3.81. The summed E-state index contributed by atoms with van der Waals surface area (Å²) in [6.07, 6.45) is 2.77. The summed E-state index contributed by atoms with van der Waals surface area (Å²) in [6, 6.07) is 25.0. The SMILES string of the molecule is COc1cccc(/C(CCc2ccc(OC)c(OC)c2)=C(\C)NCCc2ccccc2)c1. The standard InChI is InChI=1S/C28H33NO3/c1-21(29-18-17-22-9-6-5-7-10-22)26(24-11-8-12-25(20-24)30-2)15-13-23-14-16-27(31-3)28(19-23)32-4/h5-12,14,16,19-20,29H,13,15,17-18H2,1-4H3/b26-21+. The third-order valence-corrected chi connectivity index (χ3v) is 5.63. The number of methoxy groups -OCH3 is 3. The number of hydrogen-bond donors (Lipinski definition) is 1. The largest absolute Gasteiger partial charge is 0.497 e. The first-order valence-electron chi connectivity index (χ1n) is 11.0. The van der Waals surface area contributed by atoms with Crippen LogP contribution in [0.25, 0.3) is 5.57 Å². The van der Waals surface area contributed by atoms with Gasteiger partial charge in [0.05, 0.1) is 21.3 Å². The molecule has 0 unspecified atom stereocenters. The molecule has 3 rings (SSSR count). The summed E-state index contributed by atoms with van der Waals surface area (Å²) in [7, 11) is 5.03. The van der Waals surface area contributed by atoms with Gasteiger partial charge in [-0.05, 0) is 72.7 Å². The predicted molar refractivity (Wildman–Crippen MR) is 132 cm³/mol. The van der Waals surface area contributed by atoms with Crippen molar-refractivity contribution < 1.29 is 14.2 Å². The highest BCUT2D eigenvalue weighted by Crippen LogP contribution is 2.30. The van der Waals surface area contributed by atoms with Gasteiger partial charge in [0, 0.05) is 12.2 Å². The molecule has 0 aliphatic carbocycles.